The minimum Gasteiger partial charge on any atom is -0.320 e. The van der Waals surface area contributed by atoms with Gasteiger partial charge < -0.3 is 5.73 Å². The van der Waals surface area contributed by atoms with Gasteiger partial charge in [-0.25, -0.2) is 4.39 Å². The number of hydrogen-bond donors (Lipinski definition) is 1. The maximum atomic E-state index is 13.8. The van der Waals surface area contributed by atoms with Gasteiger partial charge in [0.15, 0.2) is 0 Å². The van der Waals surface area contributed by atoms with Crippen LogP contribution in [0.2, 0.25) is 0 Å². The molecule has 0 aliphatic carbocycles. The van der Waals surface area contributed by atoms with Gasteiger partial charge in [0.2, 0.25) is 0 Å². The predicted octanol–water partition coefficient (Wildman–Crippen LogP) is 3.24. The first-order chi connectivity index (χ1) is 7.20. The van der Waals surface area contributed by atoms with Gasteiger partial charge in [0.05, 0.1) is 6.04 Å². The van der Waals surface area contributed by atoms with Crippen LogP contribution in [0, 0.1) is 12.7 Å². The highest BCUT2D eigenvalue weighted by Gasteiger charge is 2.15. The van der Waals surface area contributed by atoms with Crippen LogP contribution in [0.4, 0.5) is 4.39 Å². The zero-order chi connectivity index (χ0) is 10.8. The molecule has 0 spiro atoms. The van der Waals surface area contributed by atoms with Crippen LogP contribution >= 0.6 is 11.3 Å². The Kier molecular flexibility index (Phi) is 2.84. The molecule has 2 rings (SSSR count). The van der Waals surface area contributed by atoms with Crippen molar-refractivity contribution in [3.63, 3.8) is 0 Å². The fourth-order valence-corrected chi connectivity index (χ4v) is 2.28. The van der Waals surface area contributed by atoms with Crippen molar-refractivity contribution in [2.45, 2.75) is 13.0 Å². The number of aryl methyl sites for hydroxylation is 1. The normalized spacial score (nSPS) is 12.7. The van der Waals surface area contributed by atoms with E-state index in [1.807, 2.05) is 23.6 Å². The van der Waals surface area contributed by atoms with Crippen LogP contribution in [-0.4, -0.2) is 0 Å². The van der Waals surface area contributed by atoms with E-state index in [0.29, 0.717) is 11.1 Å². The van der Waals surface area contributed by atoms with Gasteiger partial charge in [0.25, 0.3) is 0 Å². The molecule has 1 heterocycles. The number of rotatable bonds is 2. The highest BCUT2D eigenvalue weighted by molar-refractivity contribution is 7.10. The molecule has 2 aromatic rings. The highest BCUT2D eigenvalue weighted by atomic mass is 32.1. The first-order valence-electron chi connectivity index (χ1n) is 4.74. The second-order valence-electron chi connectivity index (χ2n) is 3.47. The van der Waals surface area contributed by atoms with Crippen molar-refractivity contribution in [2.24, 2.45) is 5.73 Å². The summed E-state index contributed by atoms with van der Waals surface area (Å²) in [6.07, 6.45) is 0. The molecule has 78 valence electrons. The third-order valence-corrected chi connectivity index (χ3v) is 3.36. The Morgan fingerprint density at radius 3 is 2.73 bits per heavy atom. The summed E-state index contributed by atoms with van der Waals surface area (Å²) in [6, 6.07) is 8.82. The van der Waals surface area contributed by atoms with Gasteiger partial charge in [-0.3, -0.25) is 0 Å². The summed E-state index contributed by atoms with van der Waals surface area (Å²) >= 11 is 1.55. The summed E-state index contributed by atoms with van der Waals surface area (Å²) in [6.45, 7) is 1.75. The van der Waals surface area contributed by atoms with Crippen LogP contribution in [-0.2, 0) is 0 Å². The zero-order valence-electron chi connectivity index (χ0n) is 8.41. The molecule has 0 radical (unpaired) electrons. The van der Waals surface area contributed by atoms with E-state index in [4.69, 9.17) is 5.73 Å². The van der Waals surface area contributed by atoms with Crippen molar-refractivity contribution in [3.05, 3.63) is 57.5 Å². The van der Waals surface area contributed by atoms with Gasteiger partial charge >= 0.3 is 0 Å². The summed E-state index contributed by atoms with van der Waals surface area (Å²) in [4.78, 5) is 0.986. The molecule has 0 fully saturated rings. The third kappa shape index (κ3) is 1.94. The fraction of sp³-hybridized carbons (Fsp3) is 0.167. The molecule has 0 saturated heterocycles. The molecule has 0 bridgehead atoms. The summed E-state index contributed by atoms with van der Waals surface area (Å²) < 4.78 is 13.8. The van der Waals surface area contributed by atoms with E-state index in [1.165, 1.54) is 0 Å². The summed E-state index contributed by atoms with van der Waals surface area (Å²) in [5, 5.41) is 1.95. The lowest BCUT2D eigenvalue weighted by molar-refractivity contribution is 0.592. The first kappa shape index (κ1) is 10.3. The van der Waals surface area contributed by atoms with Gasteiger partial charge in [-0.15, -0.1) is 11.3 Å². The number of hydrogen-bond acceptors (Lipinski definition) is 2. The molecule has 0 saturated carbocycles. The quantitative estimate of drug-likeness (QED) is 0.827. The van der Waals surface area contributed by atoms with E-state index >= 15 is 0 Å². The smallest absolute Gasteiger partial charge is 0.131 e. The topological polar surface area (TPSA) is 26.0 Å². The van der Waals surface area contributed by atoms with Crippen LogP contribution in [0.5, 0.6) is 0 Å². The van der Waals surface area contributed by atoms with Crippen molar-refractivity contribution in [2.75, 3.05) is 0 Å². The van der Waals surface area contributed by atoms with E-state index < -0.39 is 0 Å². The maximum Gasteiger partial charge on any atom is 0.131 e. The molecular formula is C12H12FNS. The van der Waals surface area contributed by atoms with Crippen molar-refractivity contribution in [3.8, 4) is 0 Å². The number of thiophene rings is 1. The molecule has 1 aromatic heterocycles. The summed E-state index contributed by atoms with van der Waals surface area (Å²) in [5.41, 5.74) is 7.21. The zero-order valence-corrected chi connectivity index (χ0v) is 9.22. The Morgan fingerprint density at radius 1 is 1.27 bits per heavy atom. The molecular weight excluding hydrogens is 209 g/mol. The predicted molar refractivity (Wildman–Crippen MR) is 61.5 cm³/mol. The Hall–Kier alpha value is -1.19. The van der Waals surface area contributed by atoms with Crippen LogP contribution in [0.15, 0.2) is 35.7 Å². The Morgan fingerprint density at radius 2 is 2.07 bits per heavy atom. The average Bonchev–Trinajstić information content (AvgIpc) is 2.74. The molecule has 1 nitrogen and oxygen atoms in total. The highest BCUT2D eigenvalue weighted by Crippen LogP contribution is 2.26. The molecule has 0 amide bonds. The van der Waals surface area contributed by atoms with Gasteiger partial charge in [0, 0.05) is 10.4 Å². The first-order valence-corrected chi connectivity index (χ1v) is 5.62. The van der Waals surface area contributed by atoms with Crippen molar-refractivity contribution < 1.29 is 4.39 Å². The van der Waals surface area contributed by atoms with E-state index in [0.717, 1.165) is 4.88 Å². The monoisotopic (exact) mass is 221 g/mol. The Balaban J connectivity index is 2.42. The number of benzene rings is 1. The van der Waals surface area contributed by atoms with E-state index in [9.17, 15) is 4.39 Å². The van der Waals surface area contributed by atoms with Crippen LogP contribution in [0.25, 0.3) is 0 Å². The average molecular weight is 221 g/mol. The summed E-state index contributed by atoms with van der Waals surface area (Å²) in [5.74, 6) is -0.196. The molecule has 0 aliphatic heterocycles. The largest absolute Gasteiger partial charge is 0.320 e. The molecule has 2 N–H and O–H groups in total. The van der Waals surface area contributed by atoms with Crippen LogP contribution in [0.1, 0.15) is 22.0 Å². The lowest BCUT2D eigenvalue weighted by atomic mass is 10.0. The Bertz CT molecular complexity index is 451. The Labute approximate surface area is 92.4 Å². The fourth-order valence-electron chi connectivity index (χ4n) is 1.53. The van der Waals surface area contributed by atoms with Crippen LogP contribution < -0.4 is 5.73 Å². The molecule has 0 aliphatic rings. The lowest BCUT2D eigenvalue weighted by Crippen LogP contribution is -2.12. The second-order valence-corrected chi connectivity index (χ2v) is 4.45. The second kappa shape index (κ2) is 4.13. The van der Waals surface area contributed by atoms with E-state index in [-0.39, 0.29) is 11.9 Å². The van der Waals surface area contributed by atoms with Crippen LogP contribution in [0.3, 0.4) is 0 Å². The molecule has 1 atom stereocenters. The standard InChI is InChI=1S/C12H12FNS/c1-8-4-2-5-9(11(8)13)12(14)10-6-3-7-15-10/h2-7,12H,14H2,1H3. The SMILES string of the molecule is Cc1cccc(C(N)c2cccs2)c1F. The van der Waals surface area contributed by atoms with E-state index in [1.54, 1.807) is 30.4 Å². The third-order valence-electron chi connectivity index (χ3n) is 2.41. The van der Waals surface area contributed by atoms with Gasteiger partial charge in [-0.05, 0) is 23.9 Å². The van der Waals surface area contributed by atoms with Crippen molar-refractivity contribution in [1.29, 1.82) is 0 Å². The van der Waals surface area contributed by atoms with E-state index in [2.05, 4.69) is 0 Å². The van der Waals surface area contributed by atoms with Crippen molar-refractivity contribution >= 4 is 11.3 Å². The maximum absolute atomic E-state index is 13.8. The lowest BCUT2D eigenvalue weighted by Gasteiger charge is -2.12. The van der Waals surface area contributed by atoms with Gasteiger partial charge in [-0.1, -0.05) is 24.3 Å². The number of nitrogens with two attached hydrogens (primary N) is 1. The molecule has 1 aromatic carbocycles. The van der Waals surface area contributed by atoms with Gasteiger partial charge in [0.1, 0.15) is 5.82 Å². The molecule has 3 heteroatoms. The minimum atomic E-state index is -0.357. The van der Waals surface area contributed by atoms with Crippen molar-refractivity contribution in [1.82, 2.24) is 0 Å². The summed E-state index contributed by atoms with van der Waals surface area (Å²) in [7, 11) is 0. The minimum absolute atomic E-state index is 0.196. The molecule has 1 unspecified atom stereocenters. The number of halogens is 1. The molecule has 15 heavy (non-hydrogen) atoms. The van der Waals surface area contributed by atoms with Gasteiger partial charge in [-0.2, -0.15) is 0 Å².